The van der Waals surface area contributed by atoms with Gasteiger partial charge in [-0.2, -0.15) is 0 Å². The molecule has 2 heterocycles. The fourth-order valence-electron chi connectivity index (χ4n) is 7.48. The zero-order valence-electron chi connectivity index (χ0n) is 16.7. The van der Waals surface area contributed by atoms with Crippen LogP contribution >= 0.6 is 0 Å². The normalized spacial score (nSPS) is 45.9. The summed E-state index contributed by atoms with van der Waals surface area (Å²) >= 11 is 0. The van der Waals surface area contributed by atoms with E-state index in [9.17, 15) is 9.59 Å². The summed E-state index contributed by atoms with van der Waals surface area (Å²) < 4.78 is 0. The average Bonchev–Trinajstić information content (AvgIpc) is 3.11. The van der Waals surface area contributed by atoms with E-state index in [1.54, 1.807) is 0 Å². The minimum atomic E-state index is -0.236. The van der Waals surface area contributed by atoms with Gasteiger partial charge in [0.25, 0.3) is 0 Å². The topological polar surface area (TPSA) is 61.4 Å². The number of hydrogen-bond acceptors (Lipinski definition) is 3. The van der Waals surface area contributed by atoms with Crippen molar-refractivity contribution in [3.8, 4) is 0 Å². The van der Waals surface area contributed by atoms with Crippen molar-refractivity contribution in [3.05, 3.63) is 0 Å². The molecule has 4 aliphatic carbocycles. The Bertz CT molecular complexity index is 583. The van der Waals surface area contributed by atoms with Crippen LogP contribution in [0.2, 0.25) is 0 Å². The van der Waals surface area contributed by atoms with Crippen LogP contribution in [0, 0.1) is 23.2 Å². The SMILES string of the molecule is CC1NCCCC1NC(=O)C1CCCN1C(=O)C12CC3CC(CC(C3)C1)C2. The molecule has 2 aliphatic heterocycles. The molecule has 4 bridgehead atoms. The molecule has 0 aromatic heterocycles. The molecule has 150 valence electrons. The molecule has 5 heteroatoms. The van der Waals surface area contributed by atoms with E-state index >= 15 is 0 Å². The second kappa shape index (κ2) is 6.75. The number of rotatable bonds is 3. The molecule has 0 spiro atoms. The molecule has 0 aromatic carbocycles. The number of nitrogens with zero attached hydrogens (tertiary/aromatic N) is 1. The molecule has 5 nitrogen and oxygen atoms in total. The number of amides is 2. The first kappa shape index (κ1) is 18.0. The minimum absolute atomic E-state index is 0.0890. The van der Waals surface area contributed by atoms with Gasteiger partial charge in [0.1, 0.15) is 6.04 Å². The molecule has 27 heavy (non-hydrogen) atoms. The molecule has 2 amide bonds. The molecule has 6 rings (SSSR count). The van der Waals surface area contributed by atoms with Crippen LogP contribution in [0.4, 0.5) is 0 Å². The smallest absolute Gasteiger partial charge is 0.243 e. The Hall–Kier alpha value is -1.10. The average molecular weight is 374 g/mol. The summed E-state index contributed by atoms with van der Waals surface area (Å²) in [5.74, 6) is 2.72. The summed E-state index contributed by atoms with van der Waals surface area (Å²) in [7, 11) is 0. The highest BCUT2D eigenvalue weighted by Gasteiger charge is 2.56. The van der Waals surface area contributed by atoms with Gasteiger partial charge < -0.3 is 15.5 Å². The second-order valence-electron chi connectivity index (χ2n) is 10.4. The second-order valence-corrected chi connectivity index (χ2v) is 10.4. The Morgan fingerprint density at radius 2 is 1.67 bits per heavy atom. The fourth-order valence-corrected chi connectivity index (χ4v) is 7.48. The number of carbonyl (C=O) groups is 2. The van der Waals surface area contributed by atoms with Gasteiger partial charge in [-0.25, -0.2) is 0 Å². The zero-order chi connectivity index (χ0) is 18.6. The van der Waals surface area contributed by atoms with Crippen LogP contribution < -0.4 is 10.6 Å². The first-order valence-electron chi connectivity index (χ1n) is 11.4. The maximum Gasteiger partial charge on any atom is 0.243 e. The highest BCUT2D eigenvalue weighted by molar-refractivity contribution is 5.91. The number of nitrogens with one attached hydrogen (secondary N) is 2. The van der Waals surface area contributed by atoms with E-state index in [1.807, 2.05) is 4.90 Å². The van der Waals surface area contributed by atoms with Crippen LogP contribution in [-0.2, 0) is 9.59 Å². The lowest BCUT2D eigenvalue weighted by Crippen LogP contribution is -2.59. The quantitative estimate of drug-likeness (QED) is 0.799. The predicted molar refractivity (Wildman–Crippen MR) is 104 cm³/mol. The number of likely N-dealkylation sites (tertiary alicyclic amines) is 1. The van der Waals surface area contributed by atoms with Gasteiger partial charge in [0.2, 0.25) is 11.8 Å². The number of carbonyl (C=O) groups excluding carboxylic acids is 2. The fraction of sp³-hybridized carbons (Fsp3) is 0.909. The van der Waals surface area contributed by atoms with Gasteiger partial charge in [0.05, 0.1) is 5.41 Å². The maximum absolute atomic E-state index is 13.7. The van der Waals surface area contributed by atoms with Gasteiger partial charge in [0.15, 0.2) is 0 Å². The summed E-state index contributed by atoms with van der Waals surface area (Å²) in [6, 6.07) is 0.277. The van der Waals surface area contributed by atoms with E-state index in [4.69, 9.17) is 0 Å². The molecule has 0 aromatic rings. The van der Waals surface area contributed by atoms with E-state index in [0.717, 1.165) is 75.8 Å². The van der Waals surface area contributed by atoms with E-state index in [2.05, 4.69) is 17.6 Å². The third-order valence-corrected chi connectivity index (χ3v) is 8.40. The summed E-state index contributed by atoms with van der Waals surface area (Å²) in [6.07, 6.45) is 11.3. The largest absolute Gasteiger partial charge is 0.350 e. The Labute approximate surface area is 163 Å². The Kier molecular flexibility index (Phi) is 4.49. The van der Waals surface area contributed by atoms with Crippen LogP contribution in [0.25, 0.3) is 0 Å². The summed E-state index contributed by atoms with van der Waals surface area (Å²) in [5, 5.41) is 6.73. The van der Waals surface area contributed by atoms with Crippen LogP contribution in [0.3, 0.4) is 0 Å². The standard InChI is InChI=1S/C22H35N3O2/c1-14-18(4-2-6-23-14)24-20(26)19-5-3-7-25(19)21(27)22-11-15-8-16(12-22)10-17(9-15)13-22/h14-19,23H,2-13H2,1H3,(H,24,26). The van der Waals surface area contributed by atoms with Crippen LogP contribution in [0.5, 0.6) is 0 Å². The summed E-state index contributed by atoms with van der Waals surface area (Å²) in [5.41, 5.74) is -0.128. The van der Waals surface area contributed by atoms with Crippen molar-refractivity contribution in [2.24, 2.45) is 23.2 Å². The molecule has 4 saturated carbocycles. The third-order valence-electron chi connectivity index (χ3n) is 8.40. The first-order chi connectivity index (χ1) is 13.0. The third kappa shape index (κ3) is 3.10. The van der Waals surface area contributed by atoms with E-state index in [1.165, 1.54) is 19.3 Å². The van der Waals surface area contributed by atoms with Gasteiger partial charge in [-0.05, 0) is 95.4 Å². The van der Waals surface area contributed by atoms with Gasteiger partial charge in [-0.1, -0.05) is 0 Å². The lowest BCUT2D eigenvalue weighted by molar-refractivity contribution is -0.160. The van der Waals surface area contributed by atoms with Crippen molar-refractivity contribution >= 4 is 11.8 Å². The van der Waals surface area contributed by atoms with Gasteiger partial charge in [-0.15, -0.1) is 0 Å². The Balaban J connectivity index is 1.29. The van der Waals surface area contributed by atoms with E-state index < -0.39 is 0 Å². The monoisotopic (exact) mass is 373 g/mol. The minimum Gasteiger partial charge on any atom is -0.350 e. The van der Waals surface area contributed by atoms with Gasteiger partial charge >= 0.3 is 0 Å². The first-order valence-corrected chi connectivity index (χ1v) is 11.4. The van der Waals surface area contributed by atoms with Crippen molar-refractivity contribution < 1.29 is 9.59 Å². The highest BCUT2D eigenvalue weighted by Crippen LogP contribution is 2.60. The highest BCUT2D eigenvalue weighted by atomic mass is 16.2. The van der Waals surface area contributed by atoms with Crippen molar-refractivity contribution in [1.82, 2.24) is 15.5 Å². The summed E-state index contributed by atoms with van der Waals surface area (Å²) in [4.78, 5) is 28.8. The number of hydrogen-bond donors (Lipinski definition) is 2. The molecule has 2 saturated heterocycles. The lowest BCUT2D eigenvalue weighted by Gasteiger charge is -2.56. The van der Waals surface area contributed by atoms with Crippen LogP contribution in [0.1, 0.15) is 71.1 Å². The molecule has 3 atom stereocenters. The molecule has 0 radical (unpaired) electrons. The zero-order valence-corrected chi connectivity index (χ0v) is 16.7. The lowest BCUT2D eigenvalue weighted by atomic mass is 9.49. The van der Waals surface area contributed by atoms with Gasteiger partial charge in [0, 0.05) is 18.6 Å². The van der Waals surface area contributed by atoms with Crippen molar-refractivity contribution in [3.63, 3.8) is 0 Å². The molecular weight excluding hydrogens is 338 g/mol. The Morgan fingerprint density at radius 3 is 2.30 bits per heavy atom. The van der Waals surface area contributed by atoms with E-state index in [0.29, 0.717) is 11.9 Å². The van der Waals surface area contributed by atoms with Crippen molar-refractivity contribution in [2.75, 3.05) is 13.1 Å². The molecule has 2 N–H and O–H groups in total. The predicted octanol–water partition coefficient (Wildman–Crippen LogP) is 2.45. The van der Waals surface area contributed by atoms with Crippen molar-refractivity contribution in [2.45, 2.75) is 89.3 Å². The molecule has 3 unspecified atom stereocenters. The molecule has 6 fully saturated rings. The molecular formula is C22H35N3O2. The van der Waals surface area contributed by atoms with Gasteiger partial charge in [-0.3, -0.25) is 9.59 Å². The van der Waals surface area contributed by atoms with Crippen LogP contribution in [0.15, 0.2) is 0 Å². The van der Waals surface area contributed by atoms with Crippen LogP contribution in [-0.4, -0.2) is 47.9 Å². The summed E-state index contributed by atoms with van der Waals surface area (Å²) in [6.45, 7) is 3.96. The van der Waals surface area contributed by atoms with Crippen molar-refractivity contribution in [1.29, 1.82) is 0 Å². The number of piperidine rings is 1. The maximum atomic E-state index is 13.7. The van der Waals surface area contributed by atoms with E-state index in [-0.39, 0.29) is 23.4 Å². The molecule has 6 aliphatic rings. The Morgan fingerprint density at radius 1 is 1.00 bits per heavy atom.